The van der Waals surface area contributed by atoms with Crippen LogP contribution >= 0.6 is 0 Å². The molecule has 0 aromatic heterocycles. The Labute approximate surface area is 121 Å². The molecule has 0 radical (unpaired) electrons. The third-order valence-electron chi connectivity index (χ3n) is 3.66. The summed E-state index contributed by atoms with van der Waals surface area (Å²) in [5.41, 5.74) is 6.59. The van der Waals surface area contributed by atoms with Gasteiger partial charge in [0, 0.05) is 39.3 Å². The highest BCUT2D eigenvalue weighted by atomic mass is 32.2. The quantitative estimate of drug-likeness (QED) is 0.811. The molecule has 1 fully saturated rings. The molecule has 2 N–H and O–H groups in total. The highest BCUT2D eigenvalue weighted by Crippen LogP contribution is 2.10. The van der Waals surface area contributed by atoms with Crippen molar-refractivity contribution in [1.82, 2.24) is 9.21 Å². The zero-order chi connectivity index (χ0) is 14.4. The highest BCUT2D eigenvalue weighted by molar-refractivity contribution is 7.89. The topological polar surface area (TPSA) is 66.6 Å². The van der Waals surface area contributed by atoms with Gasteiger partial charge in [-0.2, -0.15) is 4.31 Å². The Morgan fingerprint density at radius 3 is 2.30 bits per heavy atom. The number of benzene rings is 1. The van der Waals surface area contributed by atoms with Gasteiger partial charge in [-0.05, 0) is 12.0 Å². The maximum absolute atomic E-state index is 12.3. The first-order chi connectivity index (χ1) is 9.62. The summed E-state index contributed by atoms with van der Waals surface area (Å²) in [6.45, 7) is 4.19. The monoisotopic (exact) mass is 297 g/mol. The number of nitrogens with two attached hydrogens (primary N) is 1. The predicted octanol–water partition coefficient (Wildman–Crippen LogP) is 0.135. The molecular weight excluding hydrogens is 274 g/mol. The summed E-state index contributed by atoms with van der Waals surface area (Å²) in [5.74, 6) is 0.188. The molecule has 5 nitrogen and oxygen atoms in total. The van der Waals surface area contributed by atoms with Gasteiger partial charge in [-0.25, -0.2) is 8.42 Å². The van der Waals surface area contributed by atoms with Gasteiger partial charge in [-0.3, -0.25) is 4.90 Å². The lowest BCUT2D eigenvalue weighted by Crippen LogP contribution is -2.50. The van der Waals surface area contributed by atoms with Crippen LogP contribution in [0.3, 0.4) is 0 Å². The van der Waals surface area contributed by atoms with Gasteiger partial charge in [0.2, 0.25) is 10.0 Å². The van der Waals surface area contributed by atoms with E-state index < -0.39 is 10.0 Å². The van der Waals surface area contributed by atoms with Crippen molar-refractivity contribution in [2.45, 2.75) is 6.42 Å². The normalized spacial score (nSPS) is 18.2. The van der Waals surface area contributed by atoms with E-state index in [-0.39, 0.29) is 5.75 Å². The van der Waals surface area contributed by atoms with Crippen LogP contribution in [0, 0.1) is 0 Å². The van der Waals surface area contributed by atoms with Crippen LogP contribution < -0.4 is 5.73 Å². The first kappa shape index (κ1) is 15.4. The zero-order valence-electron chi connectivity index (χ0n) is 11.7. The first-order valence-corrected chi connectivity index (χ1v) is 8.67. The summed E-state index contributed by atoms with van der Waals surface area (Å²) in [6.07, 6.45) is 0.576. The Morgan fingerprint density at radius 1 is 1.05 bits per heavy atom. The molecule has 1 saturated heterocycles. The molecule has 0 spiro atoms. The molecule has 1 aromatic carbocycles. The fraction of sp³-hybridized carbons (Fsp3) is 0.571. The van der Waals surface area contributed by atoms with Crippen molar-refractivity contribution in [2.24, 2.45) is 5.73 Å². The number of nitrogens with zero attached hydrogens (tertiary/aromatic N) is 2. The van der Waals surface area contributed by atoms with Crippen LogP contribution in [0.15, 0.2) is 30.3 Å². The molecule has 112 valence electrons. The second-order valence-corrected chi connectivity index (χ2v) is 7.17. The zero-order valence-corrected chi connectivity index (χ0v) is 12.6. The molecule has 2 rings (SSSR count). The van der Waals surface area contributed by atoms with Gasteiger partial charge in [0.05, 0.1) is 5.75 Å². The third-order valence-corrected chi connectivity index (χ3v) is 5.53. The minimum absolute atomic E-state index is 0.188. The maximum atomic E-state index is 12.3. The van der Waals surface area contributed by atoms with E-state index in [0.717, 1.165) is 25.2 Å². The minimum Gasteiger partial charge on any atom is -0.329 e. The van der Waals surface area contributed by atoms with Crippen LogP contribution in [0.1, 0.15) is 5.56 Å². The number of rotatable bonds is 6. The largest absolute Gasteiger partial charge is 0.329 e. The predicted molar refractivity (Wildman–Crippen MR) is 81.0 cm³/mol. The summed E-state index contributed by atoms with van der Waals surface area (Å²) < 4.78 is 26.2. The van der Waals surface area contributed by atoms with Crippen molar-refractivity contribution in [3.8, 4) is 0 Å². The number of hydrogen-bond donors (Lipinski definition) is 1. The lowest BCUT2D eigenvalue weighted by atomic mass is 10.2. The van der Waals surface area contributed by atoms with Crippen molar-refractivity contribution in [2.75, 3.05) is 45.0 Å². The molecule has 6 heteroatoms. The molecule has 1 aromatic rings. The van der Waals surface area contributed by atoms with Gasteiger partial charge in [-0.15, -0.1) is 0 Å². The van der Waals surface area contributed by atoms with Gasteiger partial charge in [0.25, 0.3) is 0 Å². The Balaban J connectivity index is 1.85. The van der Waals surface area contributed by atoms with E-state index in [0.29, 0.717) is 26.1 Å². The standard InChI is InChI=1S/C14H23N3O2S/c15-7-8-16-9-11-17(12-10-16)20(18,19)13-6-14-4-2-1-3-5-14/h1-5H,6-13,15H2. The molecule has 0 atom stereocenters. The van der Waals surface area contributed by atoms with E-state index in [1.807, 2.05) is 30.3 Å². The summed E-state index contributed by atoms with van der Waals surface area (Å²) in [5, 5.41) is 0. The van der Waals surface area contributed by atoms with Crippen LogP contribution in [0.25, 0.3) is 0 Å². The van der Waals surface area contributed by atoms with E-state index in [4.69, 9.17) is 5.73 Å². The average molecular weight is 297 g/mol. The third kappa shape index (κ3) is 4.28. The van der Waals surface area contributed by atoms with E-state index in [2.05, 4.69) is 4.90 Å². The van der Waals surface area contributed by atoms with Gasteiger partial charge in [0.1, 0.15) is 0 Å². The number of aryl methyl sites for hydroxylation is 1. The van der Waals surface area contributed by atoms with Crippen LogP contribution in [0.4, 0.5) is 0 Å². The van der Waals surface area contributed by atoms with Crippen molar-refractivity contribution in [3.63, 3.8) is 0 Å². The second kappa shape index (κ2) is 7.17. The minimum atomic E-state index is -3.14. The first-order valence-electron chi connectivity index (χ1n) is 7.06. The van der Waals surface area contributed by atoms with Gasteiger partial charge in [0.15, 0.2) is 0 Å². The molecule has 1 aliphatic heterocycles. The molecule has 0 bridgehead atoms. The van der Waals surface area contributed by atoms with Crippen LogP contribution in [0.5, 0.6) is 0 Å². The fourth-order valence-electron chi connectivity index (χ4n) is 2.43. The molecule has 0 amide bonds. The highest BCUT2D eigenvalue weighted by Gasteiger charge is 2.26. The fourth-order valence-corrected chi connectivity index (χ4v) is 3.91. The van der Waals surface area contributed by atoms with E-state index in [9.17, 15) is 8.42 Å². The SMILES string of the molecule is NCCN1CCN(S(=O)(=O)CCc2ccccc2)CC1. The Morgan fingerprint density at radius 2 is 1.70 bits per heavy atom. The average Bonchev–Trinajstić information content (AvgIpc) is 2.47. The lowest BCUT2D eigenvalue weighted by Gasteiger charge is -2.33. The van der Waals surface area contributed by atoms with Crippen molar-refractivity contribution in [3.05, 3.63) is 35.9 Å². The smallest absolute Gasteiger partial charge is 0.214 e. The maximum Gasteiger partial charge on any atom is 0.214 e. The van der Waals surface area contributed by atoms with Crippen LogP contribution in [-0.4, -0.2) is 62.6 Å². The summed E-state index contributed by atoms with van der Waals surface area (Å²) in [7, 11) is -3.14. The molecule has 1 aliphatic rings. The Bertz CT molecular complexity index is 496. The molecule has 1 heterocycles. The number of hydrogen-bond acceptors (Lipinski definition) is 4. The summed E-state index contributed by atoms with van der Waals surface area (Å²) >= 11 is 0. The van der Waals surface area contributed by atoms with E-state index >= 15 is 0 Å². The van der Waals surface area contributed by atoms with Gasteiger partial charge < -0.3 is 5.73 Å². The van der Waals surface area contributed by atoms with Gasteiger partial charge in [-0.1, -0.05) is 30.3 Å². The molecular formula is C14H23N3O2S. The molecule has 0 saturated carbocycles. The molecule has 0 aliphatic carbocycles. The Kier molecular flexibility index (Phi) is 5.54. The second-order valence-electron chi connectivity index (χ2n) is 5.08. The number of piperazine rings is 1. The number of sulfonamides is 1. The van der Waals surface area contributed by atoms with Crippen molar-refractivity contribution < 1.29 is 8.42 Å². The van der Waals surface area contributed by atoms with Crippen molar-refractivity contribution >= 4 is 10.0 Å². The van der Waals surface area contributed by atoms with Gasteiger partial charge >= 0.3 is 0 Å². The Hall–Kier alpha value is -0.950. The lowest BCUT2D eigenvalue weighted by molar-refractivity contribution is 0.193. The summed E-state index contributed by atoms with van der Waals surface area (Å²) in [6, 6.07) is 9.75. The molecule has 0 unspecified atom stereocenters. The summed E-state index contributed by atoms with van der Waals surface area (Å²) in [4.78, 5) is 2.21. The van der Waals surface area contributed by atoms with E-state index in [1.54, 1.807) is 4.31 Å². The van der Waals surface area contributed by atoms with Crippen molar-refractivity contribution in [1.29, 1.82) is 0 Å². The van der Waals surface area contributed by atoms with E-state index in [1.165, 1.54) is 0 Å². The van der Waals surface area contributed by atoms with Crippen LogP contribution in [0.2, 0.25) is 0 Å². The molecule has 20 heavy (non-hydrogen) atoms. The van der Waals surface area contributed by atoms with Crippen LogP contribution in [-0.2, 0) is 16.4 Å².